The van der Waals surface area contributed by atoms with Crippen molar-refractivity contribution in [3.8, 4) is 0 Å². The van der Waals surface area contributed by atoms with Gasteiger partial charge in [0.2, 0.25) is 0 Å². The Morgan fingerprint density at radius 2 is 1.75 bits per heavy atom. The minimum atomic E-state index is -0.282. The molecule has 1 aromatic heterocycles. The minimum Gasteiger partial charge on any atom is -0.320 e. The van der Waals surface area contributed by atoms with Crippen LogP contribution < -0.4 is 10.9 Å². The van der Waals surface area contributed by atoms with E-state index in [4.69, 9.17) is 0 Å². The Kier molecular flexibility index (Phi) is 6.29. The van der Waals surface area contributed by atoms with Gasteiger partial charge in [0.05, 0.1) is 0 Å². The molecule has 0 spiro atoms. The number of hydrogen-bond acceptors (Lipinski definition) is 3. The van der Waals surface area contributed by atoms with Crippen molar-refractivity contribution in [1.82, 2.24) is 9.78 Å². The van der Waals surface area contributed by atoms with E-state index in [1.54, 1.807) is 0 Å². The molecule has 5 nitrogen and oxygen atoms in total. The lowest BCUT2D eigenvalue weighted by atomic mass is 10.0. The van der Waals surface area contributed by atoms with Crippen molar-refractivity contribution in [2.24, 2.45) is 0 Å². The molecule has 1 heterocycles. The number of amides is 1. The van der Waals surface area contributed by atoms with Gasteiger partial charge < -0.3 is 5.32 Å². The quantitative estimate of drug-likeness (QED) is 0.847. The van der Waals surface area contributed by atoms with Crippen LogP contribution in [0.4, 0.5) is 5.69 Å². The Labute approximate surface area is 142 Å². The predicted octanol–water partition coefficient (Wildman–Crippen LogP) is 3.42. The van der Waals surface area contributed by atoms with E-state index >= 15 is 0 Å². The highest BCUT2D eigenvalue weighted by atomic mass is 16.2. The number of para-hydroxylation sites is 1. The van der Waals surface area contributed by atoms with Gasteiger partial charge in [0.15, 0.2) is 0 Å². The second kappa shape index (κ2) is 8.43. The van der Waals surface area contributed by atoms with Gasteiger partial charge in [-0.3, -0.25) is 9.59 Å². The molecule has 0 aliphatic carbocycles. The molecule has 0 bridgehead atoms. The number of nitrogens with zero attached hydrogens (tertiary/aromatic N) is 2. The summed E-state index contributed by atoms with van der Waals surface area (Å²) in [6, 6.07) is 8.94. The van der Waals surface area contributed by atoms with Crippen LogP contribution in [0.25, 0.3) is 0 Å². The van der Waals surface area contributed by atoms with Gasteiger partial charge in [0.1, 0.15) is 5.69 Å². The van der Waals surface area contributed by atoms with Crippen LogP contribution >= 0.6 is 0 Å². The van der Waals surface area contributed by atoms with Crippen molar-refractivity contribution < 1.29 is 4.79 Å². The van der Waals surface area contributed by atoms with E-state index in [2.05, 4.69) is 31.2 Å². The van der Waals surface area contributed by atoms with Gasteiger partial charge in [-0.05, 0) is 36.5 Å². The number of hydrogen-bond donors (Lipinski definition) is 1. The van der Waals surface area contributed by atoms with Gasteiger partial charge >= 0.3 is 0 Å². The van der Waals surface area contributed by atoms with E-state index in [-0.39, 0.29) is 17.2 Å². The van der Waals surface area contributed by atoms with Gasteiger partial charge in [-0.15, -0.1) is 0 Å². The number of aromatic nitrogens is 2. The molecule has 128 valence electrons. The molecule has 0 saturated heterocycles. The average Bonchev–Trinajstić information content (AvgIpc) is 2.61. The van der Waals surface area contributed by atoms with Crippen molar-refractivity contribution in [2.75, 3.05) is 5.32 Å². The maximum absolute atomic E-state index is 12.6. The lowest BCUT2D eigenvalue weighted by Gasteiger charge is -2.14. The van der Waals surface area contributed by atoms with Gasteiger partial charge in [0.25, 0.3) is 11.5 Å². The van der Waals surface area contributed by atoms with Crippen molar-refractivity contribution >= 4 is 11.6 Å². The fraction of sp³-hybridized carbons (Fsp3) is 0.421. The smallest absolute Gasteiger partial charge is 0.276 e. The summed E-state index contributed by atoms with van der Waals surface area (Å²) in [5.74, 6) is -0.282. The molecule has 0 atom stereocenters. The minimum absolute atomic E-state index is 0.178. The van der Waals surface area contributed by atoms with Crippen LogP contribution in [0.15, 0.2) is 35.1 Å². The molecule has 2 aromatic rings. The highest BCUT2D eigenvalue weighted by molar-refractivity contribution is 6.03. The van der Waals surface area contributed by atoms with Crippen LogP contribution in [0.1, 0.15) is 55.2 Å². The first kappa shape index (κ1) is 17.9. The number of unbranched alkanes of at least 4 members (excludes halogenated alkanes) is 1. The summed E-state index contributed by atoms with van der Waals surface area (Å²) in [6.07, 6.45) is 3.50. The first-order valence-corrected chi connectivity index (χ1v) is 8.60. The number of aryl methyl sites for hydroxylation is 3. The lowest BCUT2D eigenvalue weighted by molar-refractivity contribution is 0.101. The Balaban J connectivity index is 2.29. The van der Waals surface area contributed by atoms with Crippen molar-refractivity contribution in [2.45, 2.75) is 53.0 Å². The van der Waals surface area contributed by atoms with E-state index in [0.717, 1.165) is 42.5 Å². The standard InChI is InChI=1S/C19H25N3O2/c1-4-7-13-22-17(23)12-11-16(21-22)19(24)20-18-14(5-2)9-8-10-15(18)6-3/h8-12H,4-7,13H2,1-3H3,(H,20,24). The Morgan fingerprint density at radius 1 is 1.08 bits per heavy atom. The van der Waals surface area contributed by atoms with Gasteiger partial charge in [-0.2, -0.15) is 5.10 Å². The summed E-state index contributed by atoms with van der Waals surface area (Å²) in [5, 5.41) is 7.19. The number of rotatable bonds is 7. The van der Waals surface area contributed by atoms with Crippen molar-refractivity contribution in [3.05, 3.63) is 57.5 Å². The number of benzene rings is 1. The van der Waals surface area contributed by atoms with E-state index in [9.17, 15) is 9.59 Å². The molecule has 2 rings (SSSR count). The second-order valence-electron chi connectivity index (χ2n) is 5.75. The number of carbonyl (C=O) groups is 1. The fourth-order valence-corrected chi connectivity index (χ4v) is 2.62. The molecule has 1 aromatic carbocycles. The van der Waals surface area contributed by atoms with Crippen LogP contribution in [0, 0.1) is 0 Å². The highest BCUT2D eigenvalue weighted by Crippen LogP contribution is 2.23. The zero-order chi connectivity index (χ0) is 17.5. The Hall–Kier alpha value is -2.43. The Bertz CT molecular complexity index is 743. The molecule has 0 radical (unpaired) electrons. The highest BCUT2D eigenvalue weighted by Gasteiger charge is 2.14. The van der Waals surface area contributed by atoms with E-state index < -0.39 is 0 Å². The van der Waals surface area contributed by atoms with E-state index in [0.29, 0.717) is 6.54 Å². The summed E-state index contributed by atoms with van der Waals surface area (Å²) >= 11 is 0. The molecule has 1 amide bonds. The maximum atomic E-state index is 12.6. The van der Waals surface area contributed by atoms with Crippen molar-refractivity contribution in [1.29, 1.82) is 0 Å². The summed E-state index contributed by atoms with van der Waals surface area (Å²) in [4.78, 5) is 24.4. The maximum Gasteiger partial charge on any atom is 0.276 e. The third-order valence-electron chi connectivity index (χ3n) is 4.06. The zero-order valence-electron chi connectivity index (χ0n) is 14.6. The summed E-state index contributed by atoms with van der Waals surface area (Å²) in [6.45, 7) is 6.71. The predicted molar refractivity (Wildman–Crippen MR) is 96.6 cm³/mol. The summed E-state index contributed by atoms with van der Waals surface area (Å²) in [5.41, 5.74) is 3.14. The molecule has 0 fully saturated rings. The summed E-state index contributed by atoms with van der Waals surface area (Å²) < 4.78 is 1.37. The molecule has 1 N–H and O–H groups in total. The SMILES string of the molecule is CCCCn1nc(C(=O)Nc2c(CC)cccc2CC)ccc1=O. The normalized spacial score (nSPS) is 10.6. The van der Waals surface area contributed by atoms with Gasteiger partial charge in [-0.25, -0.2) is 4.68 Å². The summed E-state index contributed by atoms with van der Waals surface area (Å²) in [7, 11) is 0. The van der Waals surface area contributed by atoms with E-state index in [1.807, 2.05) is 18.2 Å². The molecule has 5 heteroatoms. The van der Waals surface area contributed by atoms with Crippen LogP contribution in [0.2, 0.25) is 0 Å². The van der Waals surface area contributed by atoms with Gasteiger partial charge in [-0.1, -0.05) is 45.4 Å². The van der Waals surface area contributed by atoms with E-state index in [1.165, 1.54) is 16.8 Å². The largest absolute Gasteiger partial charge is 0.320 e. The molecular weight excluding hydrogens is 302 g/mol. The zero-order valence-corrected chi connectivity index (χ0v) is 14.6. The third kappa shape index (κ3) is 4.10. The first-order chi connectivity index (χ1) is 11.6. The van der Waals surface area contributed by atoms with Crippen LogP contribution in [-0.2, 0) is 19.4 Å². The number of carbonyl (C=O) groups excluding carboxylic acids is 1. The van der Waals surface area contributed by atoms with Crippen molar-refractivity contribution in [3.63, 3.8) is 0 Å². The monoisotopic (exact) mass is 327 g/mol. The Morgan fingerprint density at radius 3 is 2.33 bits per heavy atom. The third-order valence-corrected chi connectivity index (χ3v) is 4.06. The number of nitrogens with one attached hydrogen (secondary N) is 1. The first-order valence-electron chi connectivity index (χ1n) is 8.60. The number of anilines is 1. The topological polar surface area (TPSA) is 64.0 Å². The molecular formula is C19H25N3O2. The van der Waals surface area contributed by atoms with Gasteiger partial charge in [0, 0.05) is 18.3 Å². The second-order valence-corrected chi connectivity index (χ2v) is 5.75. The molecule has 0 saturated carbocycles. The molecule has 0 unspecified atom stereocenters. The molecule has 0 aliphatic heterocycles. The molecule has 24 heavy (non-hydrogen) atoms. The molecule has 0 aliphatic rings. The van der Waals surface area contributed by atoms with Crippen LogP contribution in [0.5, 0.6) is 0 Å². The fourth-order valence-electron chi connectivity index (χ4n) is 2.62. The lowest BCUT2D eigenvalue weighted by Crippen LogP contribution is -2.26. The average molecular weight is 327 g/mol. The van der Waals surface area contributed by atoms with Crippen LogP contribution in [0.3, 0.4) is 0 Å². The van der Waals surface area contributed by atoms with Crippen LogP contribution in [-0.4, -0.2) is 15.7 Å².